The fourth-order valence-electron chi connectivity index (χ4n) is 3.38. The third-order valence-electron chi connectivity index (χ3n) is 4.46. The van der Waals surface area contributed by atoms with Crippen LogP contribution in [0.4, 0.5) is 13.2 Å². The summed E-state index contributed by atoms with van der Waals surface area (Å²) in [5, 5.41) is 4.34. The quantitative estimate of drug-likeness (QED) is 0.363. The van der Waals surface area contributed by atoms with Gasteiger partial charge in [0.1, 0.15) is 4.90 Å². The molecule has 0 spiro atoms. The first-order valence-electron chi connectivity index (χ1n) is 8.66. The number of nitrogens with zero attached hydrogens (tertiary/aromatic N) is 1. The van der Waals surface area contributed by atoms with Crippen LogP contribution in [-0.4, -0.2) is 20.3 Å². The highest BCUT2D eigenvalue weighted by atomic mass is 32.2. The fraction of sp³-hybridized carbons (Fsp3) is 0.190. The average molecular weight is 421 g/mol. The van der Waals surface area contributed by atoms with E-state index in [1.54, 1.807) is 63.2 Å². The standard InChI is InChI=1S/C21H18F3NO3S/c1-12-10-13(2)18(14(3)11-12)20(21(22,23)24)25-28-17-9-8-15-6-4-5-7-16(15)19(17)29(26)27/h4-11,29H,1-3H3. The van der Waals surface area contributed by atoms with Crippen LogP contribution in [0.1, 0.15) is 22.3 Å². The van der Waals surface area contributed by atoms with Gasteiger partial charge in [-0.15, -0.1) is 0 Å². The number of aryl methyl sites for hydroxylation is 3. The molecule has 0 aliphatic carbocycles. The molecule has 0 unspecified atom stereocenters. The number of hydrogen-bond acceptors (Lipinski definition) is 4. The summed E-state index contributed by atoms with van der Waals surface area (Å²) < 4.78 is 64.8. The monoisotopic (exact) mass is 421 g/mol. The van der Waals surface area contributed by atoms with Crippen LogP contribution in [0.15, 0.2) is 58.6 Å². The first-order chi connectivity index (χ1) is 13.6. The van der Waals surface area contributed by atoms with Crippen LogP contribution >= 0.6 is 0 Å². The van der Waals surface area contributed by atoms with E-state index < -0.39 is 22.6 Å². The summed E-state index contributed by atoms with van der Waals surface area (Å²) in [5.41, 5.74) is 0.322. The highest BCUT2D eigenvalue weighted by Crippen LogP contribution is 2.32. The summed E-state index contributed by atoms with van der Waals surface area (Å²) in [6, 6.07) is 12.7. The minimum atomic E-state index is -4.79. The topological polar surface area (TPSA) is 55.7 Å². The van der Waals surface area contributed by atoms with E-state index in [9.17, 15) is 21.6 Å². The van der Waals surface area contributed by atoms with Crippen molar-refractivity contribution < 1.29 is 26.4 Å². The van der Waals surface area contributed by atoms with Crippen molar-refractivity contribution in [1.82, 2.24) is 0 Å². The Morgan fingerprint density at radius 2 is 1.59 bits per heavy atom. The Morgan fingerprint density at radius 1 is 0.966 bits per heavy atom. The van der Waals surface area contributed by atoms with Crippen LogP contribution in [-0.2, 0) is 10.7 Å². The van der Waals surface area contributed by atoms with Gasteiger partial charge in [0.15, 0.2) is 22.2 Å². The van der Waals surface area contributed by atoms with Gasteiger partial charge < -0.3 is 4.84 Å². The Bertz CT molecular complexity index is 1170. The van der Waals surface area contributed by atoms with Gasteiger partial charge in [-0.1, -0.05) is 53.2 Å². The van der Waals surface area contributed by atoms with Crippen molar-refractivity contribution in [2.75, 3.05) is 0 Å². The van der Waals surface area contributed by atoms with E-state index >= 15 is 0 Å². The van der Waals surface area contributed by atoms with Crippen molar-refractivity contribution in [3.63, 3.8) is 0 Å². The maximum absolute atomic E-state index is 13.8. The van der Waals surface area contributed by atoms with Crippen LogP contribution in [0.2, 0.25) is 0 Å². The molecule has 0 aromatic heterocycles. The Labute approximate surface area is 167 Å². The van der Waals surface area contributed by atoms with Crippen molar-refractivity contribution in [1.29, 1.82) is 0 Å². The predicted octanol–water partition coefficient (Wildman–Crippen LogP) is 5.08. The molecule has 0 N–H and O–H groups in total. The van der Waals surface area contributed by atoms with Gasteiger partial charge in [-0.25, -0.2) is 8.42 Å². The molecule has 0 bridgehead atoms. The van der Waals surface area contributed by atoms with Crippen LogP contribution in [0.3, 0.4) is 0 Å². The molecule has 3 aromatic carbocycles. The molecule has 4 nitrogen and oxygen atoms in total. The second kappa shape index (κ2) is 7.87. The maximum Gasteiger partial charge on any atom is 0.437 e. The molecule has 0 aliphatic heterocycles. The number of alkyl halides is 3. The molecule has 0 heterocycles. The van der Waals surface area contributed by atoms with Crippen molar-refractivity contribution in [2.24, 2.45) is 5.16 Å². The van der Waals surface area contributed by atoms with Gasteiger partial charge in [0.05, 0.1) is 0 Å². The zero-order valence-corrected chi connectivity index (χ0v) is 16.8. The van der Waals surface area contributed by atoms with Crippen LogP contribution in [0.5, 0.6) is 5.75 Å². The molecule has 0 amide bonds. The maximum atomic E-state index is 13.8. The summed E-state index contributed by atoms with van der Waals surface area (Å²) in [5.74, 6) is -0.260. The average Bonchev–Trinajstić information content (AvgIpc) is 2.61. The summed E-state index contributed by atoms with van der Waals surface area (Å²) >= 11 is 0. The molecular weight excluding hydrogens is 403 g/mol. The Hall–Kier alpha value is -2.87. The Balaban J connectivity index is 2.17. The van der Waals surface area contributed by atoms with Crippen molar-refractivity contribution in [3.05, 3.63) is 70.8 Å². The lowest BCUT2D eigenvalue weighted by molar-refractivity contribution is -0.0598. The number of benzene rings is 3. The fourth-order valence-corrected chi connectivity index (χ4v) is 4.08. The number of rotatable bonds is 4. The summed E-state index contributed by atoms with van der Waals surface area (Å²) in [4.78, 5) is 4.87. The second-order valence-electron chi connectivity index (χ2n) is 6.69. The van der Waals surface area contributed by atoms with E-state index in [4.69, 9.17) is 4.84 Å². The third-order valence-corrected chi connectivity index (χ3v) is 5.29. The van der Waals surface area contributed by atoms with E-state index in [1.807, 2.05) is 0 Å². The van der Waals surface area contributed by atoms with Gasteiger partial charge in [-0.3, -0.25) is 0 Å². The minimum Gasteiger partial charge on any atom is -0.355 e. The molecule has 29 heavy (non-hydrogen) atoms. The number of halogens is 3. The normalized spacial score (nSPS) is 12.6. The first-order valence-corrected chi connectivity index (χ1v) is 9.84. The lowest BCUT2D eigenvalue weighted by atomic mass is 9.96. The largest absolute Gasteiger partial charge is 0.437 e. The zero-order valence-electron chi connectivity index (χ0n) is 15.9. The predicted molar refractivity (Wildman–Crippen MR) is 106 cm³/mol. The minimum absolute atomic E-state index is 0.0862. The van der Waals surface area contributed by atoms with E-state index in [1.165, 1.54) is 6.07 Å². The van der Waals surface area contributed by atoms with E-state index in [-0.39, 0.29) is 16.2 Å². The Morgan fingerprint density at radius 3 is 2.17 bits per heavy atom. The number of oxime groups is 1. The van der Waals surface area contributed by atoms with E-state index in [0.29, 0.717) is 21.9 Å². The summed E-state index contributed by atoms with van der Waals surface area (Å²) in [6.07, 6.45) is -4.79. The molecule has 8 heteroatoms. The Kier molecular flexibility index (Phi) is 5.66. The highest BCUT2D eigenvalue weighted by Gasteiger charge is 2.39. The second-order valence-corrected chi connectivity index (χ2v) is 7.65. The van der Waals surface area contributed by atoms with Gasteiger partial charge in [-0.2, -0.15) is 13.2 Å². The van der Waals surface area contributed by atoms with Crippen LogP contribution in [0.25, 0.3) is 10.8 Å². The number of hydrogen-bond donors (Lipinski definition) is 1. The molecule has 0 saturated carbocycles. The molecule has 0 saturated heterocycles. The SMILES string of the molecule is Cc1cc(C)c(C(=NOc2ccc3ccccc3c2[SH](=O)=O)C(F)(F)F)c(C)c1. The van der Waals surface area contributed by atoms with Gasteiger partial charge in [0.25, 0.3) is 0 Å². The molecule has 0 radical (unpaired) electrons. The van der Waals surface area contributed by atoms with Crippen LogP contribution in [0, 0.1) is 20.8 Å². The molecule has 0 fully saturated rings. The molecule has 0 atom stereocenters. The molecular formula is C21H18F3NO3S. The lowest BCUT2D eigenvalue weighted by Gasteiger charge is -2.16. The summed E-state index contributed by atoms with van der Waals surface area (Å²) in [7, 11) is -3.12. The van der Waals surface area contributed by atoms with Gasteiger partial charge in [0.2, 0.25) is 0 Å². The molecule has 152 valence electrons. The summed E-state index contributed by atoms with van der Waals surface area (Å²) in [6.45, 7) is 4.91. The van der Waals surface area contributed by atoms with Crippen molar-refractivity contribution >= 4 is 27.2 Å². The lowest BCUT2D eigenvalue weighted by Crippen LogP contribution is -2.27. The molecule has 3 rings (SSSR count). The van der Waals surface area contributed by atoms with Crippen LogP contribution < -0.4 is 4.84 Å². The van der Waals surface area contributed by atoms with Gasteiger partial charge in [-0.05, 0) is 43.4 Å². The number of thiol groups is 1. The van der Waals surface area contributed by atoms with Crippen molar-refractivity contribution in [3.8, 4) is 5.75 Å². The first kappa shape index (κ1) is 20.9. The van der Waals surface area contributed by atoms with E-state index in [0.717, 1.165) is 5.56 Å². The smallest absolute Gasteiger partial charge is 0.355 e. The molecule has 3 aromatic rings. The third kappa shape index (κ3) is 4.27. The van der Waals surface area contributed by atoms with Crippen molar-refractivity contribution in [2.45, 2.75) is 31.8 Å². The highest BCUT2D eigenvalue weighted by molar-refractivity contribution is 7.72. The van der Waals surface area contributed by atoms with E-state index in [2.05, 4.69) is 5.16 Å². The number of fused-ring (bicyclic) bond motifs is 1. The van der Waals surface area contributed by atoms with Gasteiger partial charge in [0, 0.05) is 10.9 Å². The molecule has 0 aliphatic rings. The zero-order chi connectivity index (χ0) is 21.3. The van der Waals surface area contributed by atoms with Gasteiger partial charge >= 0.3 is 6.18 Å².